The van der Waals surface area contributed by atoms with Crippen molar-refractivity contribution in [2.75, 3.05) is 13.1 Å². The lowest BCUT2D eigenvalue weighted by Gasteiger charge is -2.18. The van der Waals surface area contributed by atoms with E-state index in [0.29, 0.717) is 13.1 Å². The van der Waals surface area contributed by atoms with Crippen LogP contribution in [0.2, 0.25) is 0 Å². The fourth-order valence-corrected chi connectivity index (χ4v) is 1.61. The van der Waals surface area contributed by atoms with E-state index in [4.69, 9.17) is 5.73 Å². The predicted octanol–water partition coefficient (Wildman–Crippen LogP) is 1.75. The lowest BCUT2D eigenvalue weighted by Crippen LogP contribution is -2.29. The highest BCUT2D eigenvalue weighted by Crippen LogP contribution is 2.17. The van der Waals surface area contributed by atoms with Gasteiger partial charge in [0.25, 0.3) is 0 Å². The normalized spacial score (nSPS) is 11.8. The van der Waals surface area contributed by atoms with Crippen LogP contribution in [0.25, 0.3) is 0 Å². The minimum atomic E-state index is -0.217. The molecule has 1 atom stereocenters. The van der Waals surface area contributed by atoms with Gasteiger partial charge >= 0.3 is 0 Å². The second-order valence-corrected chi connectivity index (χ2v) is 3.60. The zero-order valence-electron chi connectivity index (χ0n) is 9.68. The second-order valence-electron chi connectivity index (χ2n) is 3.60. The van der Waals surface area contributed by atoms with Gasteiger partial charge in [0.15, 0.2) is 0 Å². The van der Waals surface area contributed by atoms with Gasteiger partial charge in [-0.25, -0.2) is 4.39 Å². The Hall–Kier alpha value is -1.37. The van der Waals surface area contributed by atoms with Crippen molar-refractivity contribution >= 4 is 0 Å². The molecule has 1 unspecified atom stereocenters. The van der Waals surface area contributed by atoms with Crippen LogP contribution in [0, 0.1) is 24.6 Å². The van der Waals surface area contributed by atoms with Crippen LogP contribution in [-0.4, -0.2) is 13.1 Å². The summed E-state index contributed by atoms with van der Waals surface area (Å²) in [6, 6.07) is 4.78. The Labute approximate surface area is 96.0 Å². The standard InChI is InChI=1S/C13H17FN2/c1-3-4-7-16-13(9-15)12-6-5-11(14)8-10(12)2/h5-6,8,13,16H,7,9,15H2,1-2H3. The van der Waals surface area contributed by atoms with Gasteiger partial charge in [0.05, 0.1) is 6.54 Å². The molecule has 0 aliphatic rings. The predicted molar refractivity (Wildman–Crippen MR) is 64.4 cm³/mol. The fraction of sp³-hybridized carbons (Fsp3) is 0.385. The zero-order chi connectivity index (χ0) is 12.0. The maximum absolute atomic E-state index is 12.9. The molecule has 0 saturated heterocycles. The van der Waals surface area contributed by atoms with E-state index in [0.717, 1.165) is 11.1 Å². The van der Waals surface area contributed by atoms with E-state index < -0.39 is 0 Å². The van der Waals surface area contributed by atoms with Crippen molar-refractivity contribution < 1.29 is 4.39 Å². The van der Waals surface area contributed by atoms with Crippen LogP contribution in [0.15, 0.2) is 18.2 Å². The Morgan fingerprint density at radius 2 is 2.25 bits per heavy atom. The molecule has 0 amide bonds. The summed E-state index contributed by atoms with van der Waals surface area (Å²) in [5, 5.41) is 3.23. The maximum Gasteiger partial charge on any atom is 0.123 e. The third-order valence-corrected chi connectivity index (χ3v) is 2.46. The van der Waals surface area contributed by atoms with Gasteiger partial charge in [0.2, 0.25) is 0 Å². The molecule has 3 heteroatoms. The first-order valence-electron chi connectivity index (χ1n) is 5.28. The minimum Gasteiger partial charge on any atom is -0.329 e. The molecular weight excluding hydrogens is 203 g/mol. The fourth-order valence-electron chi connectivity index (χ4n) is 1.61. The van der Waals surface area contributed by atoms with Gasteiger partial charge in [-0.3, -0.25) is 5.32 Å². The number of nitrogens with two attached hydrogens (primary N) is 1. The van der Waals surface area contributed by atoms with Gasteiger partial charge in [-0.2, -0.15) is 0 Å². The first kappa shape index (κ1) is 12.7. The summed E-state index contributed by atoms with van der Waals surface area (Å²) in [6.45, 7) is 4.74. The highest BCUT2D eigenvalue weighted by atomic mass is 19.1. The van der Waals surface area contributed by atoms with E-state index in [-0.39, 0.29) is 11.9 Å². The number of rotatable bonds is 4. The molecule has 0 bridgehead atoms. The van der Waals surface area contributed by atoms with Gasteiger partial charge in [0, 0.05) is 12.6 Å². The summed E-state index contributed by atoms with van der Waals surface area (Å²) in [4.78, 5) is 0. The molecule has 0 radical (unpaired) electrons. The van der Waals surface area contributed by atoms with Crippen LogP contribution >= 0.6 is 0 Å². The van der Waals surface area contributed by atoms with E-state index in [1.54, 1.807) is 13.0 Å². The Morgan fingerprint density at radius 1 is 1.50 bits per heavy atom. The molecule has 0 heterocycles. The van der Waals surface area contributed by atoms with E-state index >= 15 is 0 Å². The van der Waals surface area contributed by atoms with Crippen LogP contribution in [0.1, 0.15) is 24.1 Å². The summed E-state index contributed by atoms with van der Waals surface area (Å²) >= 11 is 0. The molecule has 0 aliphatic carbocycles. The van der Waals surface area contributed by atoms with Gasteiger partial charge in [-0.15, -0.1) is 5.92 Å². The Bertz CT molecular complexity index is 404. The Balaban J connectivity index is 2.80. The lowest BCUT2D eigenvalue weighted by molar-refractivity contribution is 0.574. The van der Waals surface area contributed by atoms with Gasteiger partial charge in [-0.05, 0) is 37.1 Å². The number of halogens is 1. The third kappa shape index (κ3) is 3.34. The second kappa shape index (κ2) is 6.26. The van der Waals surface area contributed by atoms with Crippen molar-refractivity contribution in [1.82, 2.24) is 5.32 Å². The van der Waals surface area contributed by atoms with Gasteiger partial charge < -0.3 is 5.73 Å². The van der Waals surface area contributed by atoms with Crippen LogP contribution in [0.4, 0.5) is 4.39 Å². The minimum absolute atomic E-state index is 0.0291. The molecule has 3 N–H and O–H groups in total. The highest BCUT2D eigenvalue weighted by Gasteiger charge is 2.11. The van der Waals surface area contributed by atoms with Crippen molar-refractivity contribution in [3.05, 3.63) is 35.1 Å². The first-order valence-corrected chi connectivity index (χ1v) is 5.28. The number of aryl methyl sites for hydroxylation is 1. The summed E-state index contributed by atoms with van der Waals surface area (Å²) in [6.07, 6.45) is 0. The maximum atomic E-state index is 12.9. The molecule has 0 aliphatic heterocycles. The number of nitrogens with one attached hydrogen (secondary N) is 1. The van der Waals surface area contributed by atoms with Crippen molar-refractivity contribution in [2.24, 2.45) is 5.73 Å². The molecule has 0 fully saturated rings. The SMILES string of the molecule is CC#CCNC(CN)c1ccc(F)cc1C. The molecule has 0 spiro atoms. The summed E-state index contributed by atoms with van der Waals surface area (Å²) in [7, 11) is 0. The highest BCUT2D eigenvalue weighted by molar-refractivity contribution is 5.30. The smallest absolute Gasteiger partial charge is 0.123 e. The molecule has 86 valence electrons. The first-order chi connectivity index (χ1) is 7.69. The number of hydrogen-bond donors (Lipinski definition) is 2. The topological polar surface area (TPSA) is 38.0 Å². The lowest BCUT2D eigenvalue weighted by atomic mass is 10.0. The number of benzene rings is 1. The van der Waals surface area contributed by atoms with Crippen molar-refractivity contribution in [2.45, 2.75) is 19.9 Å². The van der Waals surface area contributed by atoms with Crippen molar-refractivity contribution in [3.8, 4) is 11.8 Å². The molecule has 0 aromatic heterocycles. The van der Waals surface area contributed by atoms with E-state index in [1.165, 1.54) is 12.1 Å². The molecule has 0 saturated carbocycles. The zero-order valence-corrected chi connectivity index (χ0v) is 9.68. The summed E-state index contributed by atoms with van der Waals surface area (Å²) < 4.78 is 12.9. The average molecular weight is 220 g/mol. The van der Waals surface area contributed by atoms with Gasteiger partial charge in [0.1, 0.15) is 5.82 Å². The summed E-state index contributed by atoms with van der Waals surface area (Å²) in [5.74, 6) is 5.51. The molecule has 1 rings (SSSR count). The van der Waals surface area contributed by atoms with Crippen LogP contribution in [0.3, 0.4) is 0 Å². The Kier molecular flexibility index (Phi) is 4.97. The number of hydrogen-bond acceptors (Lipinski definition) is 2. The monoisotopic (exact) mass is 220 g/mol. The average Bonchev–Trinajstić information content (AvgIpc) is 2.26. The van der Waals surface area contributed by atoms with Crippen molar-refractivity contribution in [1.29, 1.82) is 0 Å². The third-order valence-electron chi connectivity index (χ3n) is 2.46. The van der Waals surface area contributed by atoms with Crippen LogP contribution in [0.5, 0.6) is 0 Å². The Morgan fingerprint density at radius 3 is 2.81 bits per heavy atom. The molecule has 1 aromatic rings. The van der Waals surface area contributed by atoms with E-state index in [9.17, 15) is 4.39 Å². The molecule has 1 aromatic carbocycles. The van der Waals surface area contributed by atoms with Gasteiger partial charge in [-0.1, -0.05) is 12.0 Å². The largest absolute Gasteiger partial charge is 0.329 e. The van der Waals surface area contributed by atoms with Crippen LogP contribution in [-0.2, 0) is 0 Å². The van der Waals surface area contributed by atoms with Crippen molar-refractivity contribution in [3.63, 3.8) is 0 Å². The molecule has 16 heavy (non-hydrogen) atoms. The van der Waals surface area contributed by atoms with E-state index in [1.807, 2.05) is 6.92 Å². The molecular formula is C13H17FN2. The van der Waals surface area contributed by atoms with Crippen LogP contribution < -0.4 is 11.1 Å². The summed E-state index contributed by atoms with van der Waals surface area (Å²) in [5.41, 5.74) is 7.63. The molecule has 2 nitrogen and oxygen atoms in total. The van der Waals surface area contributed by atoms with E-state index in [2.05, 4.69) is 17.2 Å². The quantitative estimate of drug-likeness (QED) is 0.759.